The molecule has 2 aliphatic heterocycles. The van der Waals surface area contributed by atoms with Crippen molar-refractivity contribution < 1.29 is 33.3 Å². The molecule has 2 unspecified atom stereocenters. The zero-order chi connectivity index (χ0) is 42.7. The number of carbonyl (C=O) groups is 3. The van der Waals surface area contributed by atoms with Crippen LogP contribution in [0.4, 0.5) is 0 Å². The van der Waals surface area contributed by atoms with Gasteiger partial charge in [0.2, 0.25) is 0 Å². The van der Waals surface area contributed by atoms with E-state index in [0.717, 1.165) is 56.4 Å². The van der Waals surface area contributed by atoms with Crippen LogP contribution in [0, 0.1) is 0 Å². The third kappa shape index (κ3) is 7.65. The summed E-state index contributed by atoms with van der Waals surface area (Å²) in [4.78, 5) is 46.3. The number of ether oxygens (including phenoxy) is 4. The normalized spacial score (nSPS) is 17.9. The van der Waals surface area contributed by atoms with Crippen LogP contribution in [0.1, 0.15) is 111 Å². The number of nitrogens with zero attached hydrogens (tertiary/aromatic N) is 1. The van der Waals surface area contributed by atoms with Gasteiger partial charge in [-0.3, -0.25) is 19.3 Å². The minimum Gasteiger partial charge on any atom is -0.497 e. The number of imide groups is 1. The van der Waals surface area contributed by atoms with E-state index in [9.17, 15) is 9.59 Å². The van der Waals surface area contributed by atoms with Crippen molar-refractivity contribution in [1.29, 1.82) is 0 Å². The minimum absolute atomic E-state index is 0.129. The van der Waals surface area contributed by atoms with Gasteiger partial charge in [-0.05, 0) is 125 Å². The lowest BCUT2D eigenvalue weighted by atomic mass is 9.67. The smallest absolute Gasteiger partial charge is 0.261 e. The summed E-state index contributed by atoms with van der Waals surface area (Å²) in [7, 11) is 6.56. The van der Waals surface area contributed by atoms with Crippen LogP contribution in [0.2, 0.25) is 0 Å². The van der Waals surface area contributed by atoms with Crippen molar-refractivity contribution in [2.45, 2.75) is 64.2 Å². The highest BCUT2D eigenvalue weighted by molar-refractivity contribution is 6.32. The molecule has 1 N–H and O–H groups in total. The molecule has 0 saturated heterocycles. The second-order valence-electron chi connectivity index (χ2n) is 15.8. The van der Waals surface area contributed by atoms with Crippen molar-refractivity contribution in [1.82, 2.24) is 10.2 Å². The van der Waals surface area contributed by atoms with Crippen LogP contribution in [0.5, 0.6) is 23.0 Å². The topological polar surface area (TPSA) is 103 Å². The molecule has 9 nitrogen and oxygen atoms in total. The largest absolute Gasteiger partial charge is 0.497 e. The first-order valence-electron chi connectivity index (χ1n) is 20.6. The first-order chi connectivity index (χ1) is 29.0. The van der Waals surface area contributed by atoms with Gasteiger partial charge in [0.25, 0.3) is 17.7 Å². The summed E-state index contributed by atoms with van der Waals surface area (Å²) in [5.41, 5.74) is 7.75. The van der Waals surface area contributed by atoms with E-state index in [4.69, 9.17) is 18.9 Å². The number of rotatable bonds is 12. The molecule has 0 saturated carbocycles. The lowest BCUT2D eigenvalue weighted by Crippen LogP contribution is -2.47. The second-order valence-corrected chi connectivity index (χ2v) is 15.8. The maximum absolute atomic E-state index is 15.2. The third-order valence-electron chi connectivity index (χ3n) is 12.6. The molecule has 5 aromatic carbocycles. The maximum Gasteiger partial charge on any atom is 0.261 e. The van der Waals surface area contributed by atoms with E-state index in [0.29, 0.717) is 53.6 Å². The van der Waals surface area contributed by atoms with Gasteiger partial charge in [0.1, 0.15) is 23.0 Å². The van der Waals surface area contributed by atoms with E-state index >= 15 is 4.79 Å². The van der Waals surface area contributed by atoms with Crippen LogP contribution >= 0.6 is 0 Å². The molecule has 7 rings (SSSR count). The Kier molecular flexibility index (Phi) is 12.2. The summed E-state index contributed by atoms with van der Waals surface area (Å²) < 4.78 is 22.1. The van der Waals surface area contributed by atoms with E-state index in [2.05, 4.69) is 31.3 Å². The standard InChI is InChI=1S/C51H54N2O7/c1-9-39-42(48(54)52-29-43(31-12-18-35(57-5)19-13-31)32-14-20-36(58-6)21-15-32)27-45-47-46(39)40(10-2)49(55)53(50(47)56)30-44(33-16-22-37(59-7)23-17-33)41-25-24-38(60-8)26-34(41)28-51(45,4)11-3/h10,12-27,43-44H,9,11,28-30H2,1-8H3,(H,52,54)/b40-10+. The van der Waals surface area contributed by atoms with Gasteiger partial charge in [-0.15, -0.1) is 0 Å². The van der Waals surface area contributed by atoms with Crippen LogP contribution < -0.4 is 24.3 Å². The molecular weight excluding hydrogens is 753 g/mol. The lowest BCUT2D eigenvalue weighted by Gasteiger charge is -2.41. The van der Waals surface area contributed by atoms with Crippen molar-refractivity contribution >= 4 is 23.3 Å². The predicted octanol–water partition coefficient (Wildman–Crippen LogP) is 9.29. The van der Waals surface area contributed by atoms with Gasteiger partial charge in [-0.25, -0.2) is 0 Å². The van der Waals surface area contributed by atoms with Gasteiger partial charge < -0.3 is 24.3 Å². The number of amides is 3. The summed E-state index contributed by atoms with van der Waals surface area (Å²) in [6.45, 7) is 8.51. The molecule has 0 aliphatic carbocycles. The van der Waals surface area contributed by atoms with Gasteiger partial charge in [0.15, 0.2) is 0 Å². The highest BCUT2D eigenvalue weighted by atomic mass is 16.5. The van der Waals surface area contributed by atoms with Crippen molar-refractivity contribution in [3.63, 3.8) is 0 Å². The first-order valence-corrected chi connectivity index (χ1v) is 20.6. The van der Waals surface area contributed by atoms with E-state index in [1.807, 2.05) is 98.8 Å². The zero-order valence-corrected chi connectivity index (χ0v) is 35.8. The Labute approximate surface area is 353 Å². The fourth-order valence-corrected chi connectivity index (χ4v) is 9.03. The Bertz CT molecular complexity index is 2390. The van der Waals surface area contributed by atoms with Crippen molar-refractivity contribution in [3.05, 3.63) is 159 Å². The molecule has 310 valence electrons. The van der Waals surface area contributed by atoms with Gasteiger partial charge in [-0.2, -0.15) is 0 Å². The summed E-state index contributed by atoms with van der Waals surface area (Å²) in [5.74, 6) is 1.41. The minimum atomic E-state index is -0.635. The SMILES string of the molecule is C/C=C1/C(=O)N2CC(c3ccc(OC)cc3)c3ccc(OC)cc3CC(C)(CC)c3cc(C(=O)NCC(c4ccc(OC)cc4)c4ccc(OC)cc4)c(CC)c1c3C2=O. The molecule has 3 amide bonds. The first kappa shape index (κ1) is 41.8. The maximum atomic E-state index is 15.2. The quantitative estimate of drug-likeness (QED) is 0.0991. The van der Waals surface area contributed by atoms with Crippen molar-refractivity contribution in [2.75, 3.05) is 41.5 Å². The van der Waals surface area contributed by atoms with Crippen molar-refractivity contribution in [2.24, 2.45) is 0 Å². The molecule has 2 bridgehead atoms. The molecule has 2 atom stereocenters. The number of fused-ring (bicyclic) bond motifs is 2. The van der Waals surface area contributed by atoms with Crippen molar-refractivity contribution in [3.8, 4) is 23.0 Å². The molecule has 2 aliphatic rings. The van der Waals surface area contributed by atoms with Crippen LogP contribution in [0.15, 0.2) is 103 Å². The number of benzene rings is 5. The van der Waals surface area contributed by atoms with Crippen LogP contribution in [-0.4, -0.2) is 64.2 Å². The molecule has 2 heterocycles. The number of carbonyl (C=O) groups excluding carboxylic acids is 3. The van der Waals surface area contributed by atoms with Gasteiger partial charge in [0.05, 0.1) is 34.0 Å². The third-order valence-corrected chi connectivity index (χ3v) is 12.6. The Morgan fingerprint density at radius 3 is 1.83 bits per heavy atom. The fraction of sp³-hybridized carbons (Fsp3) is 0.314. The molecule has 0 spiro atoms. The van der Waals surface area contributed by atoms with Gasteiger partial charge >= 0.3 is 0 Å². The average molecular weight is 807 g/mol. The number of methoxy groups -OCH3 is 4. The van der Waals surface area contributed by atoms with E-state index < -0.39 is 5.41 Å². The number of hydrogen-bond donors (Lipinski definition) is 1. The fourth-order valence-electron chi connectivity index (χ4n) is 9.03. The van der Waals surface area contributed by atoms with Crippen LogP contribution in [-0.2, 0) is 23.1 Å². The molecule has 9 heteroatoms. The second kappa shape index (κ2) is 17.5. The summed E-state index contributed by atoms with van der Waals surface area (Å²) in [6.07, 6.45) is 3.44. The Morgan fingerprint density at radius 1 is 0.767 bits per heavy atom. The van der Waals surface area contributed by atoms with Gasteiger partial charge in [-0.1, -0.05) is 69.3 Å². The number of hydrogen-bond acceptors (Lipinski definition) is 7. The summed E-state index contributed by atoms with van der Waals surface area (Å²) in [5, 5.41) is 3.29. The summed E-state index contributed by atoms with van der Waals surface area (Å²) in [6, 6.07) is 31.6. The van der Waals surface area contributed by atoms with E-state index in [1.165, 1.54) is 4.90 Å². The predicted molar refractivity (Wildman–Crippen MR) is 235 cm³/mol. The van der Waals surface area contributed by atoms with Crippen LogP contribution in [0.3, 0.4) is 0 Å². The summed E-state index contributed by atoms with van der Waals surface area (Å²) >= 11 is 0. The molecule has 0 aromatic heterocycles. The van der Waals surface area contributed by atoms with Gasteiger partial charge in [0, 0.05) is 41.6 Å². The molecule has 60 heavy (non-hydrogen) atoms. The Morgan fingerprint density at radius 2 is 1.32 bits per heavy atom. The molecule has 0 fully saturated rings. The molecule has 0 radical (unpaired) electrons. The monoisotopic (exact) mass is 806 g/mol. The Balaban J connectivity index is 1.39. The average Bonchev–Trinajstić information content (AvgIpc) is 3.28. The van der Waals surface area contributed by atoms with E-state index in [-0.39, 0.29) is 36.1 Å². The number of nitrogens with one attached hydrogen (secondary N) is 1. The number of allylic oxidation sites excluding steroid dienone is 1. The Hall–Kier alpha value is -6.35. The van der Waals surface area contributed by atoms with Crippen LogP contribution in [0.25, 0.3) is 5.57 Å². The lowest BCUT2D eigenvalue weighted by molar-refractivity contribution is -0.123. The zero-order valence-electron chi connectivity index (χ0n) is 35.8. The highest BCUT2D eigenvalue weighted by Crippen LogP contribution is 2.46. The highest BCUT2D eigenvalue weighted by Gasteiger charge is 2.45. The van der Waals surface area contributed by atoms with E-state index in [1.54, 1.807) is 34.5 Å². The molecular formula is C51H54N2O7. The molecule has 5 aromatic rings.